The van der Waals surface area contributed by atoms with Crippen LogP contribution in [0.5, 0.6) is 0 Å². The number of nitrogens with one attached hydrogen (secondary N) is 1. The fourth-order valence-electron chi connectivity index (χ4n) is 2.33. The predicted octanol–water partition coefficient (Wildman–Crippen LogP) is 1.59. The third kappa shape index (κ3) is 2.67. The van der Waals surface area contributed by atoms with Crippen molar-refractivity contribution in [2.45, 2.75) is 39.3 Å². The lowest BCUT2D eigenvalue weighted by Crippen LogP contribution is -2.56. The lowest BCUT2D eigenvalue weighted by Gasteiger charge is -2.28. The molecule has 0 aliphatic carbocycles. The number of carbonyl (C=O) groups is 1. The molecule has 1 heterocycles. The Morgan fingerprint density at radius 2 is 2.15 bits per heavy atom. The molecule has 20 heavy (non-hydrogen) atoms. The molecule has 0 radical (unpaired) electrons. The number of amides is 1. The third-order valence-corrected chi connectivity index (χ3v) is 3.63. The summed E-state index contributed by atoms with van der Waals surface area (Å²) in [5.41, 5.74) is 6.77. The molecule has 5 nitrogen and oxygen atoms in total. The zero-order valence-corrected chi connectivity index (χ0v) is 12.3. The lowest BCUT2D eigenvalue weighted by atomic mass is 10.0. The van der Waals surface area contributed by atoms with Crippen molar-refractivity contribution < 1.29 is 4.79 Å². The number of aromatic nitrogens is 2. The second-order valence-corrected chi connectivity index (χ2v) is 5.36. The monoisotopic (exact) mass is 274 g/mol. The van der Waals surface area contributed by atoms with Gasteiger partial charge in [-0.25, -0.2) is 4.98 Å². The van der Waals surface area contributed by atoms with Crippen LogP contribution in [0.25, 0.3) is 11.0 Å². The van der Waals surface area contributed by atoms with Crippen LogP contribution in [-0.2, 0) is 11.3 Å². The smallest absolute Gasteiger partial charge is 0.239 e. The summed E-state index contributed by atoms with van der Waals surface area (Å²) in [7, 11) is 0. The Bertz CT molecular complexity index is 619. The molecule has 1 atom stereocenters. The van der Waals surface area contributed by atoms with Crippen LogP contribution in [0.4, 0.5) is 0 Å². The van der Waals surface area contributed by atoms with Crippen LogP contribution in [0.2, 0.25) is 0 Å². The molecule has 1 aromatic heterocycles. The normalized spacial score (nSPS) is 14.3. The zero-order valence-electron chi connectivity index (χ0n) is 12.3. The summed E-state index contributed by atoms with van der Waals surface area (Å²) in [6.45, 7) is 7.09. The van der Waals surface area contributed by atoms with Gasteiger partial charge in [0.05, 0.1) is 17.6 Å². The van der Waals surface area contributed by atoms with Crippen LogP contribution < -0.4 is 11.1 Å². The number of nitrogens with zero attached hydrogens (tertiary/aromatic N) is 2. The average molecular weight is 274 g/mol. The first-order chi connectivity index (χ1) is 9.48. The van der Waals surface area contributed by atoms with Crippen molar-refractivity contribution in [1.29, 1.82) is 0 Å². The molecular formula is C15H22N4O. The van der Waals surface area contributed by atoms with Crippen molar-refractivity contribution in [1.82, 2.24) is 14.9 Å². The predicted molar refractivity (Wildman–Crippen MR) is 80.4 cm³/mol. The van der Waals surface area contributed by atoms with Crippen LogP contribution in [0, 0.1) is 6.92 Å². The van der Waals surface area contributed by atoms with Crippen LogP contribution >= 0.6 is 0 Å². The number of fused-ring (bicyclic) bond motifs is 1. The van der Waals surface area contributed by atoms with E-state index in [2.05, 4.69) is 17.2 Å². The fourth-order valence-corrected chi connectivity index (χ4v) is 2.33. The Hall–Kier alpha value is -1.88. The van der Waals surface area contributed by atoms with Crippen molar-refractivity contribution in [3.8, 4) is 0 Å². The number of para-hydroxylation sites is 2. The van der Waals surface area contributed by atoms with Gasteiger partial charge < -0.3 is 15.6 Å². The van der Waals surface area contributed by atoms with Crippen LogP contribution in [0.1, 0.15) is 26.1 Å². The first kappa shape index (κ1) is 14.5. The third-order valence-electron chi connectivity index (χ3n) is 3.63. The van der Waals surface area contributed by atoms with Gasteiger partial charge in [-0.2, -0.15) is 0 Å². The number of carbonyl (C=O) groups excluding carboxylic acids is 1. The number of imidazole rings is 1. The summed E-state index contributed by atoms with van der Waals surface area (Å²) in [5.74, 6) is 0.542. The topological polar surface area (TPSA) is 72.9 Å². The van der Waals surface area contributed by atoms with Crippen LogP contribution in [-0.4, -0.2) is 27.5 Å². The molecular weight excluding hydrogens is 252 g/mol. The van der Waals surface area contributed by atoms with E-state index in [4.69, 9.17) is 5.73 Å². The highest BCUT2D eigenvalue weighted by molar-refractivity contribution is 5.84. The minimum absolute atomic E-state index is 0.344. The maximum atomic E-state index is 11.8. The second-order valence-electron chi connectivity index (χ2n) is 5.36. The van der Waals surface area contributed by atoms with E-state index in [-0.39, 0.29) is 5.91 Å². The van der Waals surface area contributed by atoms with Gasteiger partial charge in [-0.3, -0.25) is 4.79 Å². The van der Waals surface area contributed by atoms with E-state index in [1.807, 2.05) is 42.7 Å². The zero-order chi connectivity index (χ0) is 14.8. The lowest BCUT2D eigenvalue weighted by molar-refractivity contribution is -0.124. The quantitative estimate of drug-likeness (QED) is 0.840. The van der Waals surface area contributed by atoms with Crippen molar-refractivity contribution in [3.63, 3.8) is 0 Å². The Labute approximate surface area is 119 Å². The molecule has 0 saturated heterocycles. The van der Waals surface area contributed by atoms with Gasteiger partial charge in [0.25, 0.3) is 0 Å². The summed E-state index contributed by atoms with van der Waals surface area (Å²) in [4.78, 5) is 16.3. The van der Waals surface area contributed by atoms with Gasteiger partial charge in [0.15, 0.2) is 0 Å². The van der Waals surface area contributed by atoms with Crippen molar-refractivity contribution in [3.05, 3.63) is 30.1 Å². The molecule has 0 fully saturated rings. The average Bonchev–Trinajstić information content (AvgIpc) is 2.73. The van der Waals surface area contributed by atoms with Gasteiger partial charge in [-0.15, -0.1) is 0 Å². The minimum Gasteiger partial charge on any atom is -0.368 e. The second kappa shape index (κ2) is 5.63. The number of aryl methyl sites for hydroxylation is 1. The van der Waals surface area contributed by atoms with Gasteiger partial charge in [-0.1, -0.05) is 19.1 Å². The summed E-state index contributed by atoms with van der Waals surface area (Å²) in [6.07, 6.45) is 0.951. The van der Waals surface area contributed by atoms with Crippen molar-refractivity contribution in [2.24, 2.45) is 5.73 Å². The Morgan fingerprint density at radius 1 is 1.45 bits per heavy atom. The highest BCUT2D eigenvalue weighted by atomic mass is 16.1. The molecule has 0 bridgehead atoms. The maximum Gasteiger partial charge on any atom is 0.239 e. The van der Waals surface area contributed by atoms with Crippen LogP contribution in [0.15, 0.2) is 24.3 Å². The molecule has 1 amide bonds. The molecule has 108 valence electrons. The minimum atomic E-state index is -0.774. The number of rotatable bonds is 6. The number of benzene rings is 1. The molecule has 5 heteroatoms. The van der Waals surface area contributed by atoms with Crippen molar-refractivity contribution >= 4 is 16.9 Å². The van der Waals surface area contributed by atoms with Gasteiger partial charge in [-0.05, 0) is 38.9 Å². The first-order valence-electron chi connectivity index (χ1n) is 6.95. The van der Waals surface area contributed by atoms with E-state index in [1.165, 1.54) is 0 Å². The van der Waals surface area contributed by atoms with E-state index in [0.29, 0.717) is 6.54 Å². The van der Waals surface area contributed by atoms with E-state index < -0.39 is 5.54 Å². The van der Waals surface area contributed by atoms with Gasteiger partial charge in [0, 0.05) is 0 Å². The van der Waals surface area contributed by atoms with E-state index in [1.54, 1.807) is 0 Å². The Morgan fingerprint density at radius 3 is 2.80 bits per heavy atom. The largest absolute Gasteiger partial charge is 0.368 e. The molecule has 2 aromatic rings. The highest BCUT2D eigenvalue weighted by Crippen LogP contribution is 2.19. The molecule has 0 aliphatic rings. The molecule has 0 saturated carbocycles. The molecule has 0 spiro atoms. The number of primary amides is 1. The van der Waals surface area contributed by atoms with E-state index in [0.717, 1.165) is 29.8 Å². The summed E-state index contributed by atoms with van der Waals surface area (Å²) >= 11 is 0. The Kier molecular flexibility index (Phi) is 4.09. The standard InChI is InChI=1S/C15H22N4O/c1-4-9-17-15(3,14(16)20)10-19-11(2)18-12-7-5-6-8-13(12)19/h5-8,17H,4,9-10H2,1-3H3,(H2,16,20). The van der Waals surface area contributed by atoms with E-state index >= 15 is 0 Å². The highest BCUT2D eigenvalue weighted by Gasteiger charge is 2.31. The molecule has 1 unspecified atom stereocenters. The van der Waals surface area contributed by atoms with Crippen LogP contribution in [0.3, 0.4) is 0 Å². The van der Waals surface area contributed by atoms with E-state index in [9.17, 15) is 4.79 Å². The number of hydrogen-bond acceptors (Lipinski definition) is 3. The molecule has 1 aromatic carbocycles. The summed E-state index contributed by atoms with van der Waals surface area (Å²) in [6, 6.07) is 7.92. The van der Waals surface area contributed by atoms with Crippen molar-refractivity contribution in [2.75, 3.05) is 6.54 Å². The number of hydrogen-bond donors (Lipinski definition) is 2. The van der Waals surface area contributed by atoms with Gasteiger partial charge >= 0.3 is 0 Å². The fraction of sp³-hybridized carbons (Fsp3) is 0.467. The molecule has 2 rings (SSSR count). The van der Waals surface area contributed by atoms with Gasteiger partial charge in [0.1, 0.15) is 11.4 Å². The first-order valence-corrected chi connectivity index (χ1v) is 6.95. The summed E-state index contributed by atoms with van der Waals surface area (Å²) in [5, 5.41) is 3.25. The molecule has 0 aliphatic heterocycles. The summed E-state index contributed by atoms with van der Waals surface area (Å²) < 4.78 is 2.04. The SMILES string of the molecule is CCCNC(C)(Cn1c(C)nc2ccccc21)C(N)=O. The Balaban J connectivity index is 2.38. The number of nitrogens with two attached hydrogens (primary N) is 1. The maximum absolute atomic E-state index is 11.8. The molecule has 3 N–H and O–H groups in total. The van der Waals surface area contributed by atoms with Gasteiger partial charge in [0.2, 0.25) is 5.91 Å².